The zero-order valence-electron chi connectivity index (χ0n) is 10.5. The molecule has 0 aliphatic rings. The lowest BCUT2D eigenvalue weighted by Gasteiger charge is -2.09. The Kier molecular flexibility index (Phi) is 3.03. The molecule has 2 aromatic heterocycles. The monoisotopic (exact) mass is 290 g/mol. The Hall–Kier alpha value is -2.54. The number of rotatable bonds is 3. The fraction of sp³-hybridized carbons (Fsp3) is 0.0833. The predicted octanol–water partition coefficient (Wildman–Crippen LogP) is 2.34. The Morgan fingerprint density at radius 2 is 2.20 bits per heavy atom. The van der Waals surface area contributed by atoms with E-state index in [4.69, 9.17) is 22.1 Å². The summed E-state index contributed by atoms with van der Waals surface area (Å²) < 4.78 is 5.17. The summed E-state index contributed by atoms with van der Waals surface area (Å²) in [6.07, 6.45) is 1.63. The van der Waals surface area contributed by atoms with Gasteiger partial charge in [0.1, 0.15) is 11.6 Å². The summed E-state index contributed by atoms with van der Waals surface area (Å²) in [5.41, 5.74) is 7.00. The van der Waals surface area contributed by atoms with E-state index in [2.05, 4.69) is 25.5 Å². The molecule has 0 atom stereocenters. The van der Waals surface area contributed by atoms with Crippen molar-refractivity contribution in [2.45, 2.75) is 0 Å². The predicted molar refractivity (Wildman–Crippen MR) is 77.4 cm³/mol. The second kappa shape index (κ2) is 4.86. The molecule has 2 heterocycles. The van der Waals surface area contributed by atoms with E-state index >= 15 is 0 Å². The van der Waals surface area contributed by atoms with Crippen LogP contribution in [0.3, 0.4) is 0 Å². The Balaban J connectivity index is 2.02. The summed E-state index contributed by atoms with van der Waals surface area (Å²) in [4.78, 5) is 8.22. The molecule has 3 aromatic rings. The zero-order valence-corrected chi connectivity index (χ0v) is 11.3. The molecule has 0 fully saturated rings. The standard InChI is InChI=1S/C12H11ClN6O/c1-20-9-4-6(2-3-8(9)13)16-10-7-5-15-19-11(7)18-12(14)17-10/h2-5H,1H3,(H4,14,15,16,17,18,19). The van der Waals surface area contributed by atoms with Crippen LogP contribution >= 0.6 is 11.6 Å². The van der Waals surface area contributed by atoms with E-state index in [0.717, 1.165) is 11.1 Å². The van der Waals surface area contributed by atoms with Gasteiger partial charge < -0.3 is 15.8 Å². The van der Waals surface area contributed by atoms with Crippen LogP contribution < -0.4 is 15.8 Å². The lowest BCUT2D eigenvalue weighted by atomic mass is 10.3. The minimum atomic E-state index is 0.158. The van der Waals surface area contributed by atoms with Gasteiger partial charge in [0.25, 0.3) is 0 Å². The summed E-state index contributed by atoms with van der Waals surface area (Å²) in [5, 5.41) is 11.1. The van der Waals surface area contributed by atoms with Gasteiger partial charge >= 0.3 is 0 Å². The number of nitrogen functional groups attached to an aromatic ring is 1. The van der Waals surface area contributed by atoms with Gasteiger partial charge in [-0.2, -0.15) is 15.1 Å². The third-order valence-corrected chi connectivity index (χ3v) is 3.05. The van der Waals surface area contributed by atoms with Crippen molar-refractivity contribution in [3.63, 3.8) is 0 Å². The van der Waals surface area contributed by atoms with Crippen LogP contribution in [0.5, 0.6) is 5.75 Å². The van der Waals surface area contributed by atoms with Gasteiger partial charge in [-0.1, -0.05) is 11.6 Å². The average molecular weight is 291 g/mol. The summed E-state index contributed by atoms with van der Waals surface area (Å²) in [7, 11) is 1.56. The van der Waals surface area contributed by atoms with Gasteiger partial charge in [-0.3, -0.25) is 5.10 Å². The van der Waals surface area contributed by atoms with Crippen molar-refractivity contribution < 1.29 is 4.74 Å². The first kappa shape index (κ1) is 12.5. The summed E-state index contributed by atoms with van der Waals surface area (Å²) in [6.45, 7) is 0. The second-order valence-electron chi connectivity index (χ2n) is 4.04. The number of halogens is 1. The summed E-state index contributed by atoms with van der Waals surface area (Å²) in [5.74, 6) is 1.29. The fourth-order valence-corrected chi connectivity index (χ4v) is 2.02. The first-order chi connectivity index (χ1) is 9.67. The van der Waals surface area contributed by atoms with Gasteiger partial charge in [-0.15, -0.1) is 0 Å². The number of aromatic amines is 1. The molecule has 102 valence electrons. The number of nitrogens with zero attached hydrogens (tertiary/aromatic N) is 3. The number of hydrogen-bond acceptors (Lipinski definition) is 6. The maximum absolute atomic E-state index is 5.99. The van der Waals surface area contributed by atoms with Gasteiger partial charge in [0, 0.05) is 11.8 Å². The normalized spacial score (nSPS) is 10.7. The molecule has 7 nitrogen and oxygen atoms in total. The third kappa shape index (κ3) is 2.19. The van der Waals surface area contributed by atoms with E-state index in [1.54, 1.807) is 25.4 Å². The summed E-state index contributed by atoms with van der Waals surface area (Å²) >= 11 is 5.99. The largest absolute Gasteiger partial charge is 0.495 e. The highest BCUT2D eigenvalue weighted by atomic mass is 35.5. The Morgan fingerprint density at radius 1 is 1.35 bits per heavy atom. The van der Waals surface area contributed by atoms with Gasteiger partial charge in [-0.25, -0.2) is 0 Å². The van der Waals surface area contributed by atoms with E-state index < -0.39 is 0 Å². The van der Waals surface area contributed by atoms with Crippen molar-refractivity contribution >= 4 is 40.1 Å². The second-order valence-corrected chi connectivity index (χ2v) is 4.44. The van der Waals surface area contributed by atoms with E-state index in [1.165, 1.54) is 0 Å². The molecule has 0 bridgehead atoms. The Bertz CT molecular complexity index is 772. The Morgan fingerprint density at radius 3 is 3.00 bits per heavy atom. The molecule has 0 unspecified atom stereocenters. The summed E-state index contributed by atoms with van der Waals surface area (Å²) in [6, 6.07) is 5.32. The zero-order chi connectivity index (χ0) is 14.1. The molecule has 0 aliphatic heterocycles. The lowest BCUT2D eigenvalue weighted by Crippen LogP contribution is -2.01. The van der Waals surface area contributed by atoms with Crippen molar-refractivity contribution in [2.75, 3.05) is 18.2 Å². The number of benzene rings is 1. The van der Waals surface area contributed by atoms with Crippen LogP contribution in [-0.2, 0) is 0 Å². The average Bonchev–Trinajstić information content (AvgIpc) is 2.89. The van der Waals surface area contributed by atoms with Crippen molar-refractivity contribution in [3.8, 4) is 5.75 Å². The van der Waals surface area contributed by atoms with Crippen LogP contribution in [0.2, 0.25) is 5.02 Å². The lowest BCUT2D eigenvalue weighted by molar-refractivity contribution is 0.415. The quantitative estimate of drug-likeness (QED) is 0.684. The molecule has 1 aromatic carbocycles. The van der Waals surface area contributed by atoms with Gasteiger partial charge in [0.2, 0.25) is 5.95 Å². The van der Waals surface area contributed by atoms with E-state index in [-0.39, 0.29) is 5.95 Å². The van der Waals surface area contributed by atoms with Crippen molar-refractivity contribution in [1.82, 2.24) is 20.2 Å². The van der Waals surface area contributed by atoms with Crippen LogP contribution in [0.25, 0.3) is 11.0 Å². The van der Waals surface area contributed by atoms with Gasteiger partial charge in [0.15, 0.2) is 5.65 Å². The van der Waals surface area contributed by atoms with Crippen molar-refractivity contribution in [1.29, 1.82) is 0 Å². The number of hydrogen-bond donors (Lipinski definition) is 3. The number of anilines is 3. The van der Waals surface area contributed by atoms with Gasteiger partial charge in [0.05, 0.1) is 23.7 Å². The van der Waals surface area contributed by atoms with Gasteiger partial charge in [-0.05, 0) is 12.1 Å². The number of nitrogens with one attached hydrogen (secondary N) is 2. The molecule has 0 saturated carbocycles. The Labute approximate surface area is 119 Å². The highest BCUT2D eigenvalue weighted by molar-refractivity contribution is 6.32. The molecule has 3 rings (SSSR count). The molecular weight excluding hydrogens is 280 g/mol. The van der Waals surface area contributed by atoms with Crippen molar-refractivity contribution in [2.24, 2.45) is 0 Å². The SMILES string of the molecule is COc1cc(Nc2nc(N)nc3[nH]ncc23)ccc1Cl. The molecule has 8 heteroatoms. The molecule has 0 radical (unpaired) electrons. The topological polar surface area (TPSA) is 102 Å². The number of H-pyrrole nitrogens is 1. The molecule has 0 amide bonds. The number of ether oxygens (including phenoxy) is 1. The number of methoxy groups -OCH3 is 1. The van der Waals surface area contributed by atoms with E-state index in [1.807, 2.05) is 6.07 Å². The number of fused-ring (bicyclic) bond motifs is 1. The molecule has 4 N–H and O–H groups in total. The first-order valence-corrected chi connectivity index (χ1v) is 6.12. The highest BCUT2D eigenvalue weighted by Gasteiger charge is 2.09. The fourth-order valence-electron chi connectivity index (χ4n) is 1.82. The van der Waals surface area contributed by atoms with Crippen LogP contribution in [0.4, 0.5) is 17.5 Å². The maximum Gasteiger partial charge on any atom is 0.224 e. The number of nitrogens with two attached hydrogens (primary N) is 1. The number of aromatic nitrogens is 4. The molecule has 20 heavy (non-hydrogen) atoms. The third-order valence-electron chi connectivity index (χ3n) is 2.74. The smallest absolute Gasteiger partial charge is 0.224 e. The molecular formula is C12H11ClN6O. The molecule has 0 spiro atoms. The highest BCUT2D eigenvalue weighted by Crippen LogP contribution is 2.30. The minimum Gasteiger partial charge on any atom is -0.495 e. The van der Waals surface area contributed by atoms with Crippen LogP contribution in [0.15, 0.2) is 24.4 Å². The van der Waals surface area contributed by atoms with Crippen molar-refractivity contribution in [3.05, 3.63) is 29.4 Å². The van der Waals surface area contributed by atoms with E-state index in [9.17, 15) is 0 Å². The van der Waals surface area contributed by atoms with Crippen LogP contribution in [0, 0.1) is 0 Å². The maximum atomic E-state index is 5.99. The van der Waals surface area contributed by atoms with Crippen LogP contribution in [0.1, 0.15) is 0 Å². The van der Waals surface area contributed by atoms with Crippen LogP contribution in [-0.4, -0.2) is 27.3 Å². The first-order valence-electron chi connectivity index (χ1n) is 5.74. The van der Waals surface area contributed by atoms with E-state index in [0.29, 0.717) is 22.2 Å². The molecule has 0 aliphatic carbocycles. The molecule has 0 saturated heterocycles. The minimum absolute atomic E-state index is 0.158.